The van der Waals surface area contributed by atoms with Crippen LogP contribution in [0.1, 0.15) is 12.8 Å². The number of esters is 2. The topological polar surface area (TPSA) is 93.1 Å². The molecule has 0 spiro atoms. The van der Waals surface area contributed by atoms with E-state index in [1.165, 1.54) is 0 Å². The maximum Gasteiger partial charge on any atom is 0.453 e. The summed E-state index contributed by atoms with van der Waals surface area (Å²) in [6.07, 6.45) is -20.5. The molecule has 0 aliphatic carbocycles. The number of hydrogen-bond acceptors (Lipinski definition) is 6. The van der Waals surface area contributed by atoms with Crippen molar-refractivity contribution in [2.24, 2.45) is 0 Å². The lowest BCUT2D eigenvalue weighted by atomic mass is 10.1. The van der Waals surface area contributed by atoms with Crippen molar-refractivity contribution in [3.63, 3.8) is 0 Å². The average Bonchev–Trinajstić information content (AvgIpc) is 2.53. The van der Waals surface area contributed by atoms with Crippen molar-refractivity contribution >= 4 is 11.9 Å². The molecule has 2 atom stereocenters. The molecule has 16 heteroatoms. The molecule has 2 unspecified atom stereocenters. The minimum atomic E-state index is -5.95. The van der Waals surface area contributed by atoms with Gasteiger partial charge in [0, 0.05) is 12.2 Å². The van der Waals surface area contributed by atoms with E-state index >= 15 is 0 Å². The molecule has 0 rings (SSSR count). The lowest BCUT2D eigenvalue weighted by molar-refractivity contribution is -0.291. The molecule has 0 fully saturated rings. The summed E-state index contributed by atoms with van der Waals surface area (Å²) in [4.78, 5) is 22.3. The van der Waals surface area contributed by atoms with E-state index in [1.807, 2.05) is 0 Å². The van der Waals surface area contributed by atoms with Gasteiger partial charge in [0.25, 0.3) is 0 Å². The van der Waals surface area contributed by atoms with Crippen LogP contribution in [0.15, 0.2) is 12.2 Å². The van der Waals surface area contributed by atoms with Crippen molar-refractivity contribution in [3.8, 4) is 0 Å². The smallest absolute Gasteiger partial charge is 0.453 e. The molecular formula is C14H14F10O6. The third-order valence-corrected chi connectivity index (χ3v) is 3.00. The van der Waals surface area contributed by atoms with Gasteiger partial charge in [-0.1, -0.05) is 0 Å². The first-order valence-electron chi connectivity index (χ1n) is 7.55. The first kappa shape index (κ1) is 27.9. The van der Waals surface area contributed by atoms with Gasteiger partial charge in [-0.2, -0.15) is 43.9 Å². The van der Waals surface area contributed by atoms with Crippen LogP contribution in [0.4, 0.5) is 43.9 Å². The number of aliphatic hydroxyl groups excluding tert-OH is 2. The number of aliphatic hydroxyl groups is 2. The highest BCUT2D eigenvalue weighted by molar-refractivity contribution is 5.91. The summed E-state index contributed by atoms with van der Waals surface area (Å²) in [7, 11) is 0. The van der Waals surface area contributed by atoms with Crippen LogP contribution in [-0.4, -0.2) is 71.8 Å². The van der Waals surface area contributed by atoms with E-state index in [0.717, 1.165) is 0 Å². The molecule has 0 aliphatic rings. The second-order valence-corrected chi connectivity index (χ2v) is 5.71. The Bertz CT molecular complexity index is 561. The van der Waals surface area contributed by atoms with Crippen LogP contribution in [0, 0.1) is 0 Å². The Labute approximate surface area is 161 Å². The van der Waals surface area contributed by atoms with Gasteiger partial charge in [-0.15, -0.1) is 0 Å². The fraction of sp³-hybridized carbons (Fsp3) is 0.714. The van der Waals surface area contributed by atoms with Gasteiger partial charge in [0.05, 0.1) is 25.0 Å². The van der Waals surface area contributed by atoms with Gasteiger partial charge in [0.1, 0.15) is 13.2 Å². The minimum Gasteiger partial charge on any atom is -0.460 e. The normalized spacial score (nSPS) is 15.7. The number of carbonyl (C=O) groups excluding carboxylic acids is 2. The number of alkyl halides is 10. The molecule has 2 N–H and O–H groups in total. The van der Waals surface area contributed by atoms with Gasteiger partial charge in [0.15, 0.2) is 0 Å². The number of carbonyl (C=O) groups is 2. The number of ether oxygens (including phenoxy) is 2. The van der Waals surface area contributed by atoms with E-state index in [0.29, 0.717) is 0 Å². The van der Waals surface area contributed by atoms with Crippen molar-refractivity contribution in [2.45, 2.75) is 49.2 Å². The summed E-state index contributed by atoms with van der Waals surface area (Å²) in [6, 6.07) is 0. The predicted molar refractivity (Wildman–Crippen MR) is 74.3 cm³/mol. The molecule has 0 aromatic heterocycles. The van der Waals surface area contributed by atoms with Gasteiger partial charge in [-0.05, 0) is 0 Å². The molecule has 0 aliphatic heterocycles. The molecule has 0 amide bonds. The highest BCUT2D eigenvalue weighted by Crippen LogP contribution is 2.39. The van der Waals surface area contributed by atoms with Gasteiger partial charge in [-0.3, -0.25) is 0 Å². The van der Waals surface area contributed by atoms with Crippen LogP contribution in [-0.2, 0) is 19.1 Å². The lowest BCUT2D eigenvalue weighted by Gasteiger charge is -2.22. The molecule has 0 saturated carbocycles. The molecule has 0 radical (unpaired) electrons. The number of hydrogen-bond donors (Lipinski definition) is 2. The average molecular weight is 468 g/mol. The van der Waals surface area contributed by atoms with Crippen LogP contribution in [0.2, 0.25) is 0 Å². The Balaban J connectivity index is 4.39. The van der Waals surface area contributed by atoms with E-state index in [1.54, 1.807) is 0 Å². The van der Waals surface area contributed by atoms with Crippen LogP contribution in [0.5, 0.6) is 0 Å². The molecule has 0 aromatic rings. The molecular weight excluding hydrogens is 454 g/mol. The zero-order valence-electron chi connectivity index (χ0n) is 14.4. The maximum absolute atomic E-state index is 12.6. The third kappa shape index (κ3) is 9.60. The molecule has 0 saturated heterocycles. The van der Waals surface area contributed by atoms with Gasteiger partial charge >= 0.3 is 36.1 Å². The Morgan fingerprint density at radius 1 is 0.667 bits per heavy atom. The van der Waals surface area contributed by atoms with E-state index in [2.05, 4.69) is 9.47 Å². The summed E-state index contributed by atoms with van der Waals surface area (Å²) in [5.41, 5.74) is 0. The van der Waals surface area contributed by atoms with E-state index in [-0.39, 0.29) is 12.2 Å². The molecule has 0 aromatic carbocycles. The summed E-state index contributed by atoms with van der Waals surface area (Å²) < 4.78 is 130. The summed E-state index contributed by atoms with van der Waals surface area (Å²) in [6.45, 7) is -2.62. The monoisotopic (exact) mass is 468 g/mol. The fourth-order valence-electron chi connectivity index (χ4n) is 1.53. The highest BCUT2D eigenvalue weighted by atomic mass is 19.4. The van der Waals surface area contributed by atoms with Gasteiger partial charge in [0.2, 0.25) is 0 Å². The Hall–Kier alpha value is -2.10. The van der Waals surface area contributed by atoms with Crippen molar-refractivity contribution in [2.75, 3.05) is 13.2 Å². The van der Waals surface area contributed by atoms with E-state index in [9.17, 15) is 53.5 Å². The summed E-state index contributed by atoms with van der Waals surface area (Å²) in [5.74, 6) is -13.6. The van der Waals surface area contributed by atoms with Crippen molar-refractivity contribution in [3.05, 3.63) is 12.2 Å². The maximum atomic E-state index is 12.6. The second kappa shape index (κ2) is 10.3. The Morgan fingerprint density at radius 3 is 1.17 bits per heavy atom. The van der Waals surface area contributed by atoms with E-state index in [4.69, 9.17) is 10.2 Å². The molecule has 0 bridgehead atoms. The fourth-order valence-corrected chi connectivity index (χ4v) is 1.53. The Morgan fingerprint density at radius 2 is 0.933 bits per heavy atom. The van der Waals surface area contributed by atoms with Crippen LogP contribution in [0.25, 0.3) is 0 Å². The van der Waals surface area contributed by atoms with Crippen LogP contribution >= 0.6 is 0 Å². The first-order chi connectivity index (χ1) is 13.3. The summed E-state index contributed by atoms with van der Waals surface area (Å²) in [5, 5.41) is 18.1. The zero-order chi connectivity index (χ0) is 24.0. The molecule has 6 nitrogen and oxygen atoms in total. The van der Waals surface area contributed by atoms with Crippen LogP contribution < -0.4 is 0 Å². The Kier molecular flexibility index (Phi) is 9.56. The molecule has 0 heterocycles. The quantitative estimate of drug-likeness (QED) is 0.291. The highest BCUT2D eigenvalue weighted by Gasteiger charge is 2.58. The molecule has 30 heavy (non-hydrogen) atoms. The number of halogens is 10. The van der Waals surface area contributed by atoms with Crippen molar-refractivity contribution in [1.29, 1.82) is 0 Å². The zero-order valence-corrected chi connectivity index (χ0v) is 14.4. The second-order valence-electron chi connectivity index (χ2n) is 5.71. The number of rotatable bonds is 10. The van der Waals surface area contributed by atoms with Gasteiger partial charge in [-0.25, -0.2) is 9.59 Å². The van der Waals surface area contributed by atoms with Crippen LogP contribution in [0.3, 0.4) is 0 Å². The van der Waals surface area contributed by atoms with Crippen molar-refractivity contribution < 1.29 is 73.2 Å². The third-order valence-electron chi connectivity index (χ3n) is 3.00. The largest absolute Gasteiger partial charge is 0.460 e. The van der Waals surface area contributed by atoms with Gasteiger partial charge < -0.3 is 19.7 Å². The van der Waals surface area contributed by atoms with E-state index < -0.39 is 74.4 Å². The predicted octanol–water partition coefficient (Wildman–Crippen LogP) is 2.53. The minimum absolute atomic E-state index is 0.230. The standard InChI is InChI=1S/C14H14F10O6/c15-11(16,13(19,20)21)3-7(25)5-29-9(27)1-2-10(28)30-6-8(26)4-12(17,18)14(22,23)24/h1-2,7-8,25-26H,3-6H2/b2-1-. The summed E-state index contributed by atoms with van der Waals surface area (Å²) >= 11 is 0. The molecule has 176 valence electrons. The van der Waals surface area contributed by atoms with Crippen molar-refractivity contribution in [1.82, 2.24) is 0 Å². The lowest BCUT2D eigenvalue weighted by Crippen LogP contribution is -2.40. The first-order valence-corrected chi connectivity index (χ1v) is 7.55. The SMILES string of the molecule is O=C(/C=C\C(=O)OCC(O)CC(F)(F)C(F)(F)F)OCC(O)CC(F)(F)C(F)(F)F.